The molecule has 2 aromatic rings. The number of para-hydroxylation sites is 2. The number of aryl methyl sites for hydroxylation is 2. The van der Waals surface area contributed by atoms with Crippen LogP contribution in [0, 0.1) is 13.8 Å². The molecule has 0 aliphatic carbocycles. The highest BCUT2D eigenvalue weighted by molar-refractivity contribution is 5.92. The predicted octanol–water partition coefficient (Wildman–Crippen LogP) is 4.11. The molecule has 2 aromatic carbocycles. The highest BCUT2D eigenvalue weighted by Crippen LogP contribution is 2.26. The van der Waals surface area contributed by atoms with E-state index in [1.165, 1.54) is 5.56 Å². The molecule has 0 bridgehead atoms. The molecule has 1 N–H and O–H groups in total. The molecule has 0 aromatic heterocycles. The Kier molecular flexibility index (Phi) is 6.03. The number of amides is 1. The average Bonchev–Trinajstić information content (AvgIpc) is 2.55. The van der Waals surface area contributed by atoms with Crippen LogP contribution in [0.3, 0.4) is 0 Å². The van der Waals surface area contributed by atoms with E-state index in [-0.39, 0.29) is 12.5 Å². The first-order chi connectivity index (χ1) is 11.1. The van der Waals surface area contributed by atoms with E-state index in [1.54, 1.807) is 6.07 Å². The van der Waals surface area contributed by atoms with Gasteiger partial charge in [0.1, 0.15) is 0 Å². The van der Waals surface area contributed by atoms with Gasteiger partial charge in [-0.2, -0.15) is 0 Å². The summed E-state index contributed by atoms with van der Waals surface area (Å²) >= 11 is 0. The van der Waals surface area contributed by atoms with Gasteiger partial charge in [-0.1, -0.05) is 25.1 Å². The average molecular weight is 313 g/mol. The second-order valence-electron chi connectivity index (χ2n) is 5.43. The molecule has 0 unspecified atom stereocenters. The molecule has 122 valence electrons. The minimum Gasteiger partial charge on any atom is -0.490 e. The fourth-order valence-electron chi connectivity index (χ4n) is 2.06. The molecule has 0 saturated carbocycles. The summed E-state index contributed by atoms with van der Waals surface area (Å²) in [5.74, 6) is 1.04. The third-order valence-electron chi connectivity index (χ3n) is 3.46. The SMILES string of the molecule is CCCOc1ccccc1OCC(=O)Nc1ccc(C)c(C)c1. The van der Waals surface area contributed by atoms with Crippen LogP contribution in [0.15, 0.2) is 42.5 Å². The topological polar surface area (TPSA) is 47.6 Å². The lowest BCUT2D eigenvalue weighted by molar-refractivity contribution is -0.118. The highest BCUT2D eigenvalue weighted by atomic mass is 16.5. The smallest absolute Gasteiger partial charge is 0.262 e. The summed E-state index contributed by atoms with van der Waals surface area (Å²) in [5, 5.41) is 2.84. The van der Waals surface area contributed by atoms with E-state index < -0.39 is 0 Å². The van der Waals surface area contributed by atoms with Gasteiger partial charge in [-0.25, -0.2) is 0 Å². The second kappa shape index (κ2) is 8.22. The van der Waals surface area contributed by atoms with E-state index in [0.717, 1.165) is 17.7 Å². The molecular formula is C19H23NO3. The zero-order valence-electron chi connectivity index (χ0n) is 13.9. The van der Waals surface area contributed by atoms with Crippen LogP contribution in [0.2, 0.25) is 0 Å². The van der Waals surface area contributed by atoms with Crippen molar-refractivity contribution in [3.05, 3.63) is 53.6 Å². The lowest BCUT2D eigenvalue weighted by Crippen LogP contribution is -2.20. The molecule has 23 heavy (non-hydrogen) atoms. The fourth-order valence-corrected chi connectivity index (χ4v) is 2.06. The Morgan fingerprint density at radius 2 is 1.70 bits per heavy atom. The van der Waals surface area contributed by atoms with Gasteiger partial charge in [-0.3, -0.25) is 4.79 Å². The molecule has 1 amide bonds. The highest BCUT2D eigenvalue weighted by Gasteiger charge is 2.08. The van der Waals surface area contributed by atoms with E-state index in [1.807, 2.05) is 57.2 Å². The largest absolute Gasteiger partial charge is 0.490 e. The van der Waals surface area contributed by atoms with Crippen LogP contribution in [-0.2, 0) is 4.79 Å². The van der Waals surface area contributed by atoms with Crippen LogP contribution in [0.25, 0.3) is 0 Å². The summed E-state index contributed by atoms with van der Waals surface area (Å²) in [6, 6.07) is 13.2. The number of carbonyl (C=O) groups excluding carboxylic acids is 1. The molecule has 0 heterocycles. The number of anilines is 1. The predicted molar refractivity (Wildman–Crippen MR) is 92.3 cm³/mol. The first kappa shape index (κ1) is 16.9. The summed E-state index contributed by atoms with van der Waals surface area (Å²) < 4.78 is 11.2. The van der Waals surface area contributed by atoms with E-state index in [0.29, 0.717) is 18.1 Å². The van der Waals surface area contributed by atoms with Crippen molar-refractivity contribution in [3.63, 3.8) is 0 Å². The molecule has 0 spiro atoms. The molecule has 0 radical (unpaired) electrons. The molecule has 4 nitrogen and oxygen atoms in total. The molecule has 2 rings (SSSR count). The Morgan fingerprint density at radius 1 is 1.00 bits per heavy atom. The maximum absolute atomic E-state index is 12.0. The van der Waals surface area contributed by atoms with Gasteiger partial charge in [0.05, 0.1) is 6.61 Å². The number of hydrogen-bond acceptors (Lipinski definition) is 3. The Hall–Kier alpha value is -2.49. The molecule has 4 heteroatoms. The van der Waals surface area contributed by atoms with Crippen LogP contribution < -0.4 is 14.8 Å². The van der Waals surface area contributed by atoms with Crippen molar-refractivity contribution in [2.24, 2.45) is 0 Å². The Balaban J connectivity index is 1.92. The standard InChI is InChI=1S/C19H23NO3/c1-4-11-22-17-7-5-6-8-18(17)23-13-19(21)20-16-10-9-14(2)15(3)12-16/h5-10,12H,4,11,13H2,1-3H3,(H,20,21). The van der Waals surface area contributed by atoms with Gasteiger partial charge in [0.2, 0.25) is 0 Å². The number of benzene rings is 2. The molecule has 0 aliphatic heterocycles. The Morgan fingerprint density at radius 3 is 2.35 bits per heavy atom. The number of carbonyl (C=O) groups is 1. The number of rotatable bonds is 7. The quantitative estimate of drug-likeness (QED) is 0.837. The third kappa shape index (κ3) is 5.02. The van der Waals surface area contributed by atoms with E-state index in [4.69, 9.17) is 9.47 Å². The van der Waals surface area contributed by atoms with Crippen LogP contribution in [-0.4, -0.2) is 19.1 Å². The van der Waals surface area contributed by atoms with Gasteiger partial charge in [-0.05, 0) is 55.7 Å². The summed E-state index contributed by atoms with van der Waals surface area (Å²) in [6.07, 6.45) is 0.918. The zero-order chi connectivity index (χ0) is 16.7. The second-order valence-corrected chi connectivity index (χ2v) is 5.43. The van der Waals surface area contributed by atoms with Crippen LogP contribution in [0.4, 0.5) is 5.69 Å². The maximum atomic E-state index is 12.0. The number of hydrogen-bond donors (Lipinski definition) is 1. The maximum Gasteiger partial charge on any atom is 0.262 e. The van der Waals surface area contributed by atoms with Crippen molar-refractivity contribution in [1.29, 1.82) is 0 Å². The summed E-state index contributed by atoms with van der Waals surface area (Å²) in [6.45, 7) is 6.66. The summed E-state index contributed by atoms with van der Waals surface area (Å²) in [7, 11) is 0. The monoisotopic (exact) mass is 313 g/mol. The van der Waals surface area contributed by atoms with Crippen molar-refractivity contribution in [2.75, 3.05) is 18.5 Å². The molecular weight excluding hydrogens is 290 g/mol. The van der Waals surface area contributed by atoms with Crippen LogP contribution >= 0.6 is 0 Å². The third-order valence-corrected chi connectivity index (χ3v) is 3.46. The van der Waals surface area contributed by atoms with E-state index >= 15 is 0 Å². The number of ether oxygens (including phenoxy) is 2. The fraction of sp³-hybridized carbons (Fsp3) is 0.316. The first-order valence-corrected chi connectivity index (χ1v) is 7.82. The zero-order valence-corrected chi connectivity index (χ0v) is 13.9. The Bertz CT molecular complexity index is 667. The van der Waals surface area contributed by atoms with Crippen molar-refractivity contribution >= 4 is 11.6 Å². The van der Waals surface area contributed by atoms with Crippen molar-refractivity contribution in [3.8, 4) is 11.5 Å². The van der Waals surface area contributed by atoms with Crippen LogP contribution in [0.5, 0.6) is 11.5 Å². The lowest BCUT2D eigenvalue weighted by atomic mass is 10.1. The lowest BCUT2D eigenvalue weighted by Gasteiger charge is -2.12. The normalized spacial score (nSPS) is 10.2. The molecule has 0 saturated heterocycles. The van der Waals surface area contributed by atoms with E-state index in [9.17, 15) is 4.79 Å². The van der Waals surface area contributed by atoms with Gasteiger partial charge in [0, 0.05) is 5.69 Å². The minimum absolute atomic E-state index is 0.0561. The van der Waals surface area contributed by atoms with Gasteiger partial charge in [0.25, 0.3) is 5.91 Å². The van der Waals surface area contributed by atoms with Crippen LogP contribution in [0.1, 0.15) is 24.5 Å². The van der Waals surface area contributed by atoms with E-state index in [2.05, 4.69) is 5.32 Å². The van der Waals surface area contributed by atoms with Gasteiger partial charge in [0.15, 0.2) is 18.1 Å². The van der Waals surface area contributed by atoms with Crippen molar-refractivity contribution in [1.82, 2.24) is 0 Å². The minimum atomic E-state index is -0.196. The summed E-state index contributed by atoms with van der Waals surface area (Å²) in [5.41, 5.74) is 3.11. The molecule has 0 fully saturated rings. The van der Waals surface area contributed by atoms with Gasteiger partial charge < -0.3 is 14.8 Å². The molecule has 0 atom stereocenters. The first-order valence-electron chi connectivity index (χ1n) is 7.82. The van der Waals surface area contributed by atoms with Crippen molar-refractivity contribution in [2.45, 2.75) is 27.2 Å². The summed E-state index contributed by atoms with van der Waals surface area (Å²) in [4.78, 5) is 12.0. The van der Waals surface area contributed by atoms with Crippen molar-refractivity contribution < 1.29 is 14.3 Å². The number of nitrogens with one attached hydrogen (secondary N) is 1. The van der Waals surface area contributed by atoms with Gasteiger partial charge in [-0.15, -0.1) is 0 Å². The molecule has 0 aliphatic rings. The van der Waals surface area contributed by atoms with Gasteiger partial charge >= 0.3 is 0 Å². The Labute approximate surface area is 137 Å².